The van der Waals surface area contributed by atoms with E-state index >= 15 is 0 Å². The van der Waals surface area contributed by atoms with Crippen molar-refractivity contribution in [1.82, 2.24) is 4.98 Å². The Morgan fingerprint density at radius 1 is 1.35 bits per heavy atom. The fraction of sp³-hybridized carbons (Fsp3) is 0.0667. The maximum absolute atomic E-state index is 11.3. The van der Waals surface area contributed by atoms with Crippen LogP contribution < -0.4 is 9.67 Å². The van der Waals surface area contributed by atoms with Crippen molar-refractivity contribution in [2.24, 2.45) is 0 Å². The second-order valence-corrected chi connectivity index (χ2v) is 7.93. The number of hydrogen-bond donors (Lipinski definition) is 3. The molecule has 1 heterocycles. The first-order valence-corrected chi connectivity index (χ1v) is 9.76. The zero-order valence-electron chi connectivity index (χ0n) is 12.4. The molecule has 0 spiro atoms. The predicted octanol–water partition coefficient (Wildman–Crippen LogP) is 1.43. The molecule has 2 aromatic rings. The van der Waals surface area contributed by atoms with E-state index in [9.17, 15) is 12.6 Å². The van der Waals surface area contributed by atoms with Gasteiger partial charge in [0, 0.05) is 12.4 Å². The van der Waals surface area contributed by atoms with E-state index in [2.05, 4.69) is 20.8 Å². The van der Waals surface area contributed by atoms with E-state index in [1.54, 1.807) is 24.5 Å². The van der Waals surface area contributed by atoms with Gasteiger partial charge in [0.05, 0.1) is 0 Å². The van der Waals surface area contributed by atoms with Gasteiger partial charge < -0.3 is 0 Å². The topological polar surface area (TPSA) is 109 Å². The Hall–Kier alpha value is -2.18. The van der Waals surface area contributed by atoms with Gasteiger partial charge in [-0.05, 0) is 17.7 Å². The molecule has 122 valence electrons. The maximum atomic E-state index is 11.3. The van der Waals surface area contributed by atoms with Gasteiger partial charge in [-0.15, -0.1) is 0 Å². The second kappa shape index (κ2) is 9.07. The van der Waals surface area contributed by atoms with E-state index < -0.39 is 14.2 Å². The summed E-state index contributed by atoms with van der Waals surface area (Å²) in [6.45, 7) is 4.92. The number of benzene rings is 1. The number of nitrogens with one attached hydrogen (secondary N) is 1. The van der Waals surface area contributed by atoms with Gasteiger partial charge >= 0.3 is 88.4 Å². The van der Waals surface area contributed by atoms with Crippen LogP contribution in [0.15, 0.2) is 55.4 Å². The molecule has 8 heteroatoms. The molecule has 0 bridgehead atoms. The Morgan fingerprint density at radius 3 is 2.48 bits per heavy atom. The van der Waals surface area contributed by atoms with Crippen LogP contribution in [0.5, 0.6) is 0 Å². The van der Waals surface area contributed by atoms with Gasteiger partial charge in [0.2, 0.25) is 0 Å². The van der Waals surface area contributed by atoms with Crippen LogP contribution in [0.1, 0.15) is 12.5 Å². The Bertz CT molecular complexity index is 706. The van der Waals surface area contributed by atoms with Gasteiger partial charge in [0.15, 0.2) is 0 Å². The molecule has 1 atom stereocenters. The second-order valence-electron chi connectivity index (χ2n) is 4.32. The van der Waals surface area contributed by atoms with Gasteiger partial charge in [-0.3, -0.25) is 4.98 Å². The summed E-state index contributed by atoms with van der Waals surface area (Å²) in [7, 11) is 0. The summed E-state index contributed by atoms with van der Waals surface area (Å²) >= 11 is -4.83. The summed E-state index contributed by atoms with van der Waals surface area (Å²) in [5.74, 6) is -0.294. The van der Waals surface area contributed by atoms with Crippen molar-refractivity contribution in [2.75, 3.05) is 5.32 Å². The van der Waals surface area contributed by atoms with Crippen molar-refractivity contribution in [2.45, 2.75) is 6.92 Å². The van der Waals surface area contributed by atoms with E-state index in [0.717, 1.165) is 5.56 Å². The summed E-state index contributed by atoms with van der Waals surface area (Å²) in [6.07, 6.45) is 5.29. The first-order chi connectivity index (χ1) is 10.9. The van der Waals surface area contributed by atoms with E-state index in [1.807, 2.05) is 12.1 Å². The molecule has 23 heavy (non-hydrogen) atoms. The molecule has 0 saturated carbocycles. The minimum atomic E-state index is -4.83. The Morgan fingerprint density at radius 2 is 2.00 bits per heavy atom. The number of nitrogens with zero attached hydrogens (tertiary/aromatic N) is 1. The third-order valence-corrected chi connectivity index (χ3v) is 4.96. The van der Waals surface area contributed by atoms with Crippen molar-refractivity contribution in [3.05, 3.63) is 60.9 Å². The van der Waals surface area contributed by atoms with E-state index in [0.29, 0.717) is 5.69 Å². The van der Waals surface area contributed by atoms with Crippen LogP contribution in [0.4, 0.5) is 5.69 Å². The van der Waals surface area contributed by atoms with Crippen LogP contribution in [0.3, 0.4) is 0 Å². The molecule has 0 radical (unpaired) electrons. The van der Waals surface area contributed by atoms with Crippen LogP contribution in [0.2, 0.25) is 0 Å². The van der Waals surface area contributed by atoms with Gasteiger partial charge in [-0.1, -0.05) is 12.7 Å². The number of pyridine rings is 1. The van der Waals surface area contributed by atoms with Crippen molar-refractivity contribution >= 4 is 36.2 Å². The molecular weight excluding hydrogens is 363 g/mol. The third kappa shape index (κ3) is 6.63. The molecule has 0 fully saturated rings. The number of carbonyl (C=O) groups excluding carboxylic acids is 1. The van der Waals surface area contributed by atoms with Gasteiger partial charge in [-0.25, -0.2) is 0 Å². The molecule has 0 aliphatic heterocycles. The Labute approximate surface area is 136 Å². The molecule has 1 amide bonds. The predicted molar refractivity (Wildman–Crippen MR) is 87.1 cm³/mol. The summed E-state index contributed by atoms with van der Waals surface area (Å²) in [4.78, 5) is 14.6. The number of carbonyl (C=O) groups is 1. The standard InChI is InChI=1S/C8H10AsNO5.C7H7N/c1-6(11)10-8-4-2-3-7(5-8)9(12,13)15-14;1-2-7-3-5-8-6-4-7/h2-5,14H,1H3,(H,10,11)(H,12,13);2-6H,1H2. The summed E-state index contributed by atoms with van der Waals surface area (Å²) in [5, 5.41) is 10.7. The molecule has 0 aliphatic carbocycles. The van der Waals surface area contributed by atoms with E-state index in [4.69, 9.17) is 5.26 Å². The zero-order chi connectivity index (χ0) is 17.3. The van der Waals surface area contributed by atoms with E-state index in [-0.39, 0.29) is 10.3 Å². The number of hydrogen-bond acceptors (Lipinski definition) is 5. The fourth-order valence-electron chi connectivity index (χ4n) is 1.51. The van der Waals surface area contributed by atoms with Crippen molar-refractivity contribution in [3.8, 4) is 0 Å². The molecule has 1 aromatic carbocycles. The number of aromatic nitrogens is 1. The molecule has 0 aliphatic rings. The molecule has 2 rings (SSSR count). The van der Waals surface area contributed by atoms with Crippen LogP contribution in [-0.4, -0.2) is 34.4 Å². The monoisotopic (exact) mass is 380 g/mol. The summed E-state index contributed by atoms with van der Waals surface area (Å²) in [6, 6.07) is 9.46. The fourth-order valence-corrected chi connectivity index (χ4v) is 2.92. The van der Waals surface area contributed by atoms with Crippen LogP contribution in [-0.2, 0) is 12.4 Å². The Balaban J connectivity index is 0.000000277. The van der Waals surface area contributed by atoms with Crippen molar-refractivity contribution in [1.29, 1.82) is 0 Å². The number of amides is 1. The molecule has 1 aromatic heterocycles. The molecular formula is C15H17AsN2O5. The Kier molecular flexibility index (Phi) is 7.44. The van der Waals surface area contributed by atoms with Gasteiger partial charge in [0.25, 0.3) is 0 Å². The zero-order valence-corrected chi connectivity index (χ0v) is 14.3. The molecule has 7 nitrogen and oxygen atoms in total. The third-order valence-electron chi connectivity index (χ3n) is 2.55. The first kappa shape index (κ1) is 18.9. The normalized spacial score (nSPS) is 12.3. The van der Waals surface area contributed by atoms with Gasteiger partial charge in [0.1, 0.15) is 0 Å². The van der Waals surface area contributed by atoms with Crippen LogP contribution in [0.25, 0.3) is 6.08 Å². The van der Waals surface area contributed by atoms with E-state index in [1.165, 1.54) is 25.1 Å². The molecule has 1 unspecified atom stereocenters. The van der Waals surface area contributed by atoms with Crippen LogP contribution >= 0.6 is 0 Å². The average molecular weight is 380 g/mol. The number of rotatable bonds is 4. The SMILES string of the molecule is C=Cc1ccncc1.CC(=O)Nc1cccc([As](=O)(O)OO)c1. The van der Waals surface area contributed by atoms with Gasteiger partial charge in [-0.2, -0.15) is 0 Å². The van der Waals surface area contributed by atoms with Crippen LogP contribution in [0, 0.1) is 0 Å². The van der Waals surface area contributed by atoms with Crippen molar-refractivity contribution < 1.29 is 21.8 Å². The minimum absolute atomic E-state index is 0.0399. The summed E-state index contributed by atoms with van der Waals surface area (Å²) < 4.78 is 23.9. The summed E-state index contributed by atoms with van der Waals surface area (Å²) in [5.41, 5.74) is 1.48. The van der Waals surface area contributed by atoms with Crippen molar-refractivity contribution in [3.63, 3.8) is 0 Å². The first-order valence-electron chi connectivity index (χ1n) is 6.45. The number of anilines is 1. The quantitative estimate of drug-likeness (QED) is 0.421. The average Bonchev–Trinajstić information content (AvgIpc) is 2.56. The molecule has 0 saturated heterocycles. The molecule has 3 N–H and O–H groups in total.